The molecule has 3 N–H and O–H groups in total. The molecule has 0 saturated carbocycles. The summed E-state index contributed by atoms with van der Waals surface area (Å²) in [6.45, 7) is -0.389. The lowest BCUT2D eigenvalue weighted by molar-refractivity contribution is -0.124. The van der Waals surface area contributed by atoms with Crippen LogP contribution >= 0.6 is 27.5 Å². The predicted molar refractivity (Wildman–Crippen MR) is 61.8 cm³/mol. The molecule has 0 aromatic heterocycles. The van der Waals surface area contributed by atoms with Crippen molar-refractivity contribution in [2.75, 3.05) is 6.61 Å². The van der Waals surface area contributed by atoms with Crippen LogP contribution in [-0.4, -0.2) is 18.4 Å². The Morgan fingerprint density at radius 1 is 1.50 bits per heavy atom. The van der Waals surface area contributed by atoms with Crippen LogP contribution in [0.1, 0.15) is 10.4 Å². The van der Waals surface area contributed by atoms with Crippen LogP contribution in [0.2, 0.25) is 5.02 Å². The van der Waals surface area contributed by atoms with E-state index in [0.29, 0.717) is 0 Å². The highest BCUT2D eigenvalue weighted by molar-refractivity contribution is 9.10. The molecule has 0 bridgehead atoms. The fraction of sp³-hybridized carbons (Fsp3) is 0.111. The zero-order chi connectivity index (χ0) is 12.1. The molecule has 0 aliphatic carbocycles. The Morgan fingerprint density at radius 3 is 2.75 bits per heavy atom. The molecule has 0 fully saturated rings. The number of nitrogens with one attached hydrogen (secondary N) is 1. The highest BCUT2D eigenvalue weighted by Crippen LogP contribution is 2.21. The highest BCUT2D eigenvalue weighted by Gasteiger charge is 2.10. The van der Waals surface area contributed by atoms with Crippen molar-refractivity contribution in [2.24, 2.45) is 5.73 Å². The normalized spacial score (nSPS) is 9.88. The van der Waals surface area contributed by atoms with E-state index in [-0.39, 0.29) is 17.2 Å². The van der Waals surface area contributed by atoms with Crippen LogP contribution in [0.5, 0.6) is 0 Å². The fourth-order valence-corrected chi connectivity index (χ4v) is 1.66. The Bertz CT molecular complexity index is 425. The lowest BCUT2D eigenvalue weighted by atomic mass is 10.2. The van der Waals surface area contributed by atoms with Crippen molar-refractivity contribution in [1.29, 1.82) is 0 Å². The number of hydrogen-bond acceptors (Lipinski definition) is 3. The molecule has 0 radical (unpaired) electrons. The van der Waals surface area contributed by atoms with Crippen molar-refractivity contribution >= 4 is 39.3 Å². The van der Waals surface area contributed by atoms with E-state index < -0.39 is 11.8 Å². The Labute approximate surface area is 105 Å². The monoisotopic (exact) mass is 306 g/mol. The zero-order valence-corrected chi connectivity index (χ0v) is 10.3. The molecule has 5 nitrogen and oxygen atoms in total. The third-order valence-corrected chi connectivity index (χ3v) is 2.36. The average Bonchev–Trinajstić information content (AvgIpc) is 2.16. The molecule has 0 spiro atoms. The van der Waals surface area contributed by atoms with Gasteiger partial charge >= 0.3 is 0 Å². The molecule has 1 aromatic carbocycles. The van der Waals surface area contributed by atoms with E-state index in [2.05, 4.69) is 26.2 Å². The molecule has 0 atom stereocenters. The molecule has 0 aliphatic rings. The first kappa shape index (κ1) is 13.0. The van der Waals surface area contributed by atoms with Crippen LogP contribution in [0.3, 0.4) is 0 Å². The molecule has 0 saturated heterocycles. The summed E-state index contributed by atoms with van der Waals surface area (Å²) in [5.41, 5.74) is 7.12. The number of carbonyl (C=O) groups excluding carboxylic acids is 2. The molecule has 2 amide bonds. The lowest BCUT2D eigenvalue weighted by Crippen LogP contribution is -2.29. The number of hydrogen-bond donors (Lipinski definition) is 2. The van der Waals surface area contributed by atoms with Gasteiger partial charge in [-0.05, 0) is 18.2 Å². The number of nitrogens with two attached hydrogens (primary N) is 1. The maximum absolute atomic E-state index is 11.5. The van der Waals surface area contributed by atoms with Crippen molar-refractivity contribution in [3.8, 4) is 0 Å². The molecular formula is C9H8BrClN2O3. The number of hydroxylamine groups is 1. The lowest BCUT2D eigenvalue weighted by Gasteiger charge is -2.05. The van der Waals surface area contributed by atoms with Crippen molar-refractivity contribution in [3.05, 3.63) is 33.3 Å². The smallest absolute Gasteiger partial charge is 0.276 e. The summed E-state index contributed by atoms with van der Waals surface area (Å²) in [6.07, 6.45) is 0. The summed E-state index contributed by atoms with van der Waals surface area (Å²) in [6, 6.07) is 4.76. The highest BCUT2D eigenvalue weighted by atomic mass is 79.9. The number of benzene rings is 1. The maximum Gasteiger partial charge on any atom is 0.276 e. The number of primary amides is 1. The second-order valence-electron chi connectivity index (χ2n) is 2.81. The average molecular weight is 308 g/mol. The molecule has 86 valence electrons. The predicted octanol–water partition coefficient (Wildman–Crippen LogP) is 1.25. The van der Waals surface area contributed by atoms with E-state index >= 15 is 0 Å². The van der Waals surface area contributed by atoms with E-state index in [9.17, 15) is 9.59 Å². The van der Waals surface area contributed by atoms with E-state index in [4.69, 9.17) is 17.3 Å². The molecule has 0 heterocycles. The third-order valence-electron chi connectivity index (χ3n) is 1.56. The topological polar surface area (TPSA) is 81.4 Å². The molecule has 0 unspecified atom stereocenters. The summed E-state index contributed by atoms with van der Waals surface area (Å²) in [7, 11) is 0. The van der Waals surface area contributed by atoms with Crippen molar-refractivity contribution in [2.45, 2.75) is 0 Å². The zero-order valence-electron chi connectivity index (χ0n) is 8.00. The minimum Gasteiger partial charge on any atom is -0.368 e. The Hall–Kier alpha value is -1.11. The maximum atomic E-state index is 11.5. The van der Waals surface area contributed by atoms with E-state index in [1.165, 1.54) is 6.07 Å². The van der Waals surface area contributed by atoms with Crippen LogP contribution < -0.4 is 11.2 Å². The molecule has 0 aliphatic heterocycles. The van der Waals surface area contributed by atoms with Crippen molar-refractivity contribution in [1.82, 2.24) is 5.48 Å². The van der Waals surface area contributed by atoms with Gasteiger partial charge in [0.1, 0.15) is 0 Å². The van der Waals surface area contributed by atoms with Crippen LogP contribution in [-0.2, 0) is 9.63 Å². The Balaban J connectivity index is 2.63. The summed E-state index contributed by atoms with van der Waals surface area (Å²) >= 11 is 9.04. The van der Waals surface area contributed by atoms with Crippen LogP contribution in [0.4, 0.5) is 0 Å². The number of halogens is 2. The molecular weight excluding hydrogens is 299 g/mol. The SMILES string of the molecule is NC(=O)CONC(=O)c1ccc(Br)cc1Cl. The van der Waals surface area contributed by atoms with E-state index in [1.807, 2.05) is 0 Å². The Kier molecular flexibility index (Phi) is 4.72. The van der Waals surface area contributed by atoms with Gasteiger partial charge in [-0.3, -0.25) is 14.4 Å². The second-order valence-corrected chi connectivity index (χ2v) is 4.13. The fourth-order valence-electron chi connectivity index (χ4n) is 0.901. The first-order valence-electron chi connectivity index (χ1n) is 4.16. The number of rotatable bonds is 4. The number of amides is 2. The first-order valence-corrected chi connectivity index (χ1v) is 5.33. The Morgan fingerprint density at radius 2 is 2.19 bits per heavy atom. The minimum atomic E-state index is -0.679. The van der Waals surface area contributed by atoms with Gasteiger partial charge in [-0.1, -0.05) is 27.5 Å². The minimum absolute atomic E-state index is 0.245. The van der Waals surface area contributed by atoms with Gasteiger partial charge in [0.15, 0.2) is 6.61 Å². The van der Waals surface area contributed by atoms with Gasteiger partial charge < -0.3 is 5.73 Å². The van der Waals surface area contributed by atoms with E-state index in [1.54, 1.807) is 12.1 Å². The number of carbonyl (C=O) groups is 2. The van der Waals surface area contributed by atoms with Gasteiger partial charge in [0.2, 0.25) is 5.91 Å². The van der Waals surface area contributed by atoms with Gasteiger partial charge in [0.05, 0.1) is 10.6 Å². The van der Waals surface area contributed by atoms with Crippen molar-refractivity contribution in [3.63, 3.8) is 0 Å². The quantitative estimate of drug-likeness (QED) is 0.821. The van der Waals surface area contributed by atoms with Gasteiger partial charge in [0, 0.05) is 4.47 Å². The summed E-state index contributed by atoms with van der Waals surface area (Å²) in [5, 5.41) is 0.273. The standard InChI is InChI=1S/C9H8BrClN2O3/c10-5-1-2-6(7(11)3-5)9(15)13-16-4-8(12)14/h1-3H,4H2,(H2,12,14)(H,13,15). The molecule has 1 rings (SSSR count). The van der Waals surface area contributed by atoms with Crippen molar-refractivity contribution < 1.29 is 14.4 Å². The summed E-state index contributed by atoms with van der Waals surface area (Å²) < 4.78 is 0.757. The van der Waals surface area contributed by atoms with Gasteiger partial charge in [-0.15, -0.1) is 0 Å². The largest absolute Gasteiger partial charge is 0.368 e. The third kappa shape index (κ3) is 3.80. The molecule has 7 heteroatoms. The van der Waals surface area contributed by atoms with Crippen LogP contribution in [0.15, 0.2) is 22.7 Å². The van der Waals surface area contributed by atoms with Gasteiger partial charge in [-0.25, -0.2) is 5.48 Å². The molecule has 1 aromatic rings. The molecule has 16 heavy (non-hydrogen) atoms. The second kappa shape index (κ2) is 5.83. The first-order chi connectivity index (χ1) is 7.50. The van der Waals surface area contributed by atoms with Crippen LogP contribution in [0.25, 0.3) is 0 Å². The van der Waals surface area contributed by atoms with Gasteiger partial charge in [-0.2, -0.15) is 0 Å². The summed E-state index contributed by atoms with van der Waals surface area (Å²) in [5.74, 6) is -1.22. The van der Waals surface area contributed by atoms with Gasteiger partial charge in [0.25, 0.3) is 5.91 Å². The van der Waals surface area contributed by atoms with E-state index in [0.717, 1.165) is 4.47 Å². The summed E-state index contributed by atoms with van der Waals surface area (Å²) in [4.78, 5) is 26.4. The van der Waals surface area contributed by atoms with Crippen LogP contribution in [0, 0.1) is 0 Å².